The number of fused-ring (bicyclic) bond motifs is 6. The Balaban J connectivity index is 1.48. The summed E-state index contributed by atoms with van der Waals surface area (Å²) in [4.78, 5) is 41.4. The van der Waals surface area contributed by atoms with Crippen LogP contribution in [0, 0.1) is 10.8 Å². The number of hydrogen-bond donors (Lipinski definition) is 6. The molecule has 4 aliphatic rings. The van der Waals surface area contributed by atoms with Crippen LogP contribution in [0.25, 0.3) is 0 Å². The first kappa shape index (κ1) is 44.1. The van der Waals surface area contributed by atoms with E-state index in [2.05, 4.69) is 68.2 Å². The van der Waals surface area contributed by atoms with Crippen molar-refractivity contribution < 1.29 is 60.9 Å². The van der Waals surface area contributed by atoms with Crippen LogP contribution in [-0.4, -0.2) is 73.5 Å². The van der Waals surface area contributed by atoms with Crippen LogP contribution in [0.3, 0.4) is 0 Å². The van der Waals surface area contributed by atoms with Crippen molar-refractivity contribution in [2.45, 2.75) is 101 Å². The van der Waals surface area contributed by atoms with Gasteiger partial charge in [-0.05, 0) is 98.2 Å². The Morgan fingerprint density at radius 2 is 1.53 bits per heavy atom. The largest absolute Gasteiger partial charge is 0.344 e. The molecule has 57 heavy (non-hydrogen) atoms. The Hall–Kier alpha value is -2.43. The third-order valence-corrected chi connectivity index (χ3v) is 16.4. The molecule has 312 valence electrons. The molecule has 2 aromatic carbocycles. The summed E-state index contributed by atoms with van der Waals surface area (Å²) in [5.74, 6) is 0. The maximum Gasteiger partial charge on any atom is 0.325 e. The van der Waals surface area contributed by atoms with Crippen molar-refractivity contribution in [3.8, 4) is 0 Å². The zero-order valence-electron chi connectivity index (χ0n) is 33.0. The predicted octanol–water partition coefficient (Wildman–Crippen LogP) is 8.01. The van der Waals surface area contributed by atoms with Crippen LogP contribution in [0.5, 0.6) is 0 Å². The predicted molar refractivity (Wildman–Crippen MR) is 219 cm³/mol. The number of nitrogens with zero attached hydrogens (tertiary/aromatic N) is 2. The van der Waals surface area contributed by atoms with Crippen LogP contribution in [0.1, 0.15) is 91.2 Å². The van der Waals surface area contributed by atoms with E-state index in [0.717, 1.165) is 76.4 Å². The lowest BCUT2D eigenvalue weighted by Gasteiger charge is -2.48. The molecule has 2 atom stereocenters. The fourth-order valence-corrected chi connectivity index (χ4v) is 11.5. The van der Waals surface area contributed by atoms with E-state index in [1.54, 1.807) is 6.07 Å². The lowest BCUT2D eigenvalue weighted by atomic mass is 9.54. The molecule has 2 aliphatic carbocycles. The zero-order valence-corrected chi connectivity index (χ0v) is 36.4. The van der Waals surface area contributed by atoms with E-state index in [-0.39, 0.29) is 47.4 Å². The van der Waals surface area contributed by atoms with Gasteiger partial charge in [-0.15, -0.1) is 4.33 Å². The smallest absolute Gasteiger partial charge is 0.325 e. The minimum atomic E-state index is -4.51. The third kappa shape index (κ3) is 8.23. The van der Waals surface area contributed by atoms with Gasteiger partial charge in [0.2, 0.25) is 5.69 Å². The van der Waals surface area contributed by atoms with Gasteiger partial charge in [0.05, 0.1) is 34.7 Å². The van der Waals surface area contributed by atoms with Gasteiger partial charge < -0.3 is 24.5 Å². The molecule has 0 spiro atoms. The molecule has 18 heteroatoms. The number of benzene rings is 2. The monoisotopic (exact) mass is 867 g/mol. The van der Waals surface area contributed by atoms with E-state index in [1.165, 1.54) is 12.1 Å². The second-order valence-electron chi connectivity index (χ2n) is 17.1. The summed E-state index contributed by atoms with van der Waals surface area (Å²) in [5, 5.41) is 12.7. The van der Waals surface area contributed by atoms with E-state index in [0.29, 0.717) is 17.9 Å². The molecule has 6 N–H and O–H groups in total. The average molecular weight is 868 g/mol. The molecule has 0 amide bonds. The fourth-order valence-electron chi connectivity index (χ4n) is 9.53. The van der Waals surface area contributed by atoms with Gasteiger partial charge in [0.1, 0.15) is 6.54 Å². The van der Waals surface area contributed by atoms with Gasteiger partial charge in [0.25, 0.3) is 10.1 Å². The number of allylic oxidation sites excluding steroid dienone is 6. The van der Waals surface area contributed by atoms with Gasteiger partial charge in [0.15, 0.2) is 5.71 Å². The van der Waals surface area contributed by atoms with Crippen LogP contribution >= 0.6 is 27.2 Å². The standard InChI is InChI=1S/C39H52N2O12P2S2/c1-36(2)18-16-26(34-38(36,5)30-24-28(56-53-52-42)12-14-32(30)40(34)20-8-22-54(43,44)45)10-7-11-27-17-19-37(3,4)39(6)31-25-29(57(49,50)51)13-15-33(31)41(35(27)39)21-9-23-55(46,47)48/h7,10-15,24-25H,8-9,16-23H2,1-6H3,(H5-,42,43,44,45,46,47,48,49,50,51)/p+1. The SMILES string of the molecule is CC1(C)CCC(/C=C/C=C2\CCC(C)(C)C3(C)C2=[N+](CCCP(=O)(O)O)c2ccc(SOOO)cc23)=C2N(CCCP(=O)(O)O)c3ccc(S(=O)(=O)O)cc3C21C. The van der Waals surface area contributed by atoms with Gasteiger partial charge in [-0.1, -0.05) is 51.0 Å². The Labute approximate surface area is 338 Å². The molecule has 2 heterocycles. The van der Waals surface area contributed by atoms with Crippen molar-refractivity contribution in [2.75, 3.05) is 30.3 Å². The molecule has 14 nitrogen and oxygen atoms in total. The molecule has 0 saturated heterocycles. The molecule has 1 saturated carbocycles. The highest BCUT2D eigenvalue weighted by atomic mass is 32.2. The van der Waals surface area contributed by atoms with E-state index in [4.69, 9.17) is 9.59 Å². The lowest BCUT2D eigenvalue weighted by Crippen LogP contribution is -2.49. The van der Waals surface area contributed by atoms with Crippen molar-refractivity contribution in [3.05, 3.63) is 82.6 Å². The molecule has 0 bridgehead atoms. The van der Waals surface area contributed by atoms with Crippen LogP contribution in [0.2, 0.25) is 0 Å². The van der Waals surface area contributed by atoms with Crippen molar-refractivity contribution in [1.29, 1.82) is 0 Å². The van der Waals surface area contributed by atoms with Crippen molar-refractivity contribution in [1.82, 2.24) is 0 Å². The minimum Gasteiger partial charge on any atom is -0.344 e. The second-order valence-corrected chi connectivity index (χ2v) is 22.9. The summed E-state index contributed by atoms with van der Waals surface area (Å²) >= 11 is 0.869. The number of anilines is 1. The van der Waals surface area contributed by atoms with Crippen molar-refractivity contribution in [2.24, 2.45) is 10.8 Å². The summed E-state index contributed by atoms with van der Waals surface area (Å²) in [6.45, 7) is 13.6. The van der Waals surface area contributed by atoms with E-state index < -0.39 is 36.1 Å². The van der Waals surface area contributed by atoms with E-state index in [1.807, 2.05) is 24.3 Å². The molecule has 6 rings (SSSR count). The molecular weight excluding hydrogens is 815 g/mol. The van der Waals surface area contributed by atoms with E-state index in [9.17, 15) is 41.7 Å². The minimum absolute atomic E-state index is 0.190. The molecular formula is C39H53N2O12P2S2+. The quantitative estimate of drug-likeness (QED) is 0.0265. The Morgan fingerprint density at radius 3 is 2.18 bits per heavy atom. The summed E-state index contributed by atoms with van der Waals surface area (Å²) in [7, 11) is -13.0. The second kappa shape index (κ2) is 15.6. The first-order valence-electron chi connectivity index (χ1n) is 18.9. The summed E-state index contributed by atoms with van der Waals surface area (Å²) < 4.78 is 65.5. The molecule has 2 aromatic rings. The summed E-state index contributed by atoms with van der Waals surface area (Å²) in [5.41, 5.74) is 5.58. The maximum absolute atomic E-state index is 12.3. The molecule has 0 radical (unpaired) electrons. The molecule has 0 aromatic heterocycles. The lowest BCUT2D eigenvalue weighted by molar-refractivity contribution is -0.438. The first-order chi connectivity index (χ1) is 26.4. The van der Waals surface area contributed by atoms with Gasteiger partial charge in [-0.25, -0.2) is 5.26 Å². The normalized spacial score (nSPS) is 25.0. The highest BCUT2D eigenvalue weighted by Crippen LogP contribution is 2.63. The van der Waals surface area contributed by atoms with Crippen LogP contribution in [0.15, 0.2) is 81.3 Å². The summed E-state index contributed by atoms with van der Waals surface area (Å²) in [6, 6.07) is 10.4. The number of hydrogen-bond acceptors (Lipinski definition) is 9. The zero-order chi connectivity index (χ0) is 42.0. The van der Waals surface area contributed by atoms with Crippen molar-refractivity contribution in [3.63, 3.8) is 0 Å². The summed E-state index contributed by atoms with van der Waals surface area (Å²) in [6.07, 6.45) is 9.10. The van der Waals surface area contributed by atoms with Gasteiger partial charge in [-0.3, -0.25) is 13.7 Å². The fraction of sp³-hybridized carbons (Fsp3) is 0.513. The van der Waals surface area contributed by atoms with Crippen molar-refractivity contribution >= 4 is 54.4 Å². The van der Waals surface area contributed by atoms with E-state index >= 15 is 0 Å². The molecule has 2 aliphatic heterocycles. The van der Waals surface area contributed by atoms with Gasteiger partial charge >= 0.3 is 15.2 Å². The van der Waals surface area contributed by atoms with Crippen LogP contribution < -0.4 is 4.90 Å². The average Bonchev–Trinajstić information content (AvgIpc) is 3.51. The Morgan fingerprint density at radius 1 is 0.877 bits per heavy atom. The Bertz CT molecular complexity index is 2290. The molecule has 2 unspecified atom stereocenters. The highest BCUT2D eigenvalue weighted by molar-refractivity contribution is 7.94. The topological polar surface area (TPSA) is 214 Å². The highest BCUT2D eigenvalue weighted by Gasteiger charge is 2.60. The van der Waals surface area contributed by atoms with Gasteiger partial charge in [0, 0.05) is 51.9 Å². The van der Waals surface area contributed by atoms with Gasteiger partial charge in [-0.2, -0.15) is 13.0 Å². The molecule has 1 fully saturated rings. The maximum atomic E-state index is 12.3. The third-order valence-electron chi connectivity index (χ3n) is 13.2. The van der Waals surface area contributed by atoms with Crippen LogP contribution in [-0.2, 0) is 39.5 Å². The van der Waals surface area contributed by atoms with Crippen LogP contribution in [0.4, 0.5) is 11.4 Å². The Kier molecular flexibility index (Phi) is 12.0. The first-order valence-corrected chi connectivity index (χ1v) is 24.7. The number of rotatable bonds is 14.